The van der Waals surface area contributed by atoms with Crippen LogP contribution in [0.5, 0.6) is 0 Å². The van der Waals surface area contributed by atoms with Crippen molar-refractivity contribution in [3.05, 3.63) is 36.4 Å². The molecule has 0 saturated carbocycles. The molecule has 25 heavy (non-hydrogen) atoms. The smallest absolute Gasteiger partial charge is 0.225 e. The summed E-state index contributed by atoms with van der Waals surface area (Å²) in [5.41, 5.74) is 2.14. The van der Waals surface area contributed by atoms with Gasteiger partial charge in [-0.15, -0.1) is 0 Å². The van der Waals surface area contributed by atoms with Gasteiger partial charge in [0.15, 0.2) is 0 Å². The lowest BCUT2D eigenvalue weighted by Crippen LogP contribution is -2.35. The molecular formula is C21H30N4. The van der Waals surface area contributed by atoms with Gasteiger partial charge in [0.05, 0.1) is 5.69 Å². The van der Waals surface area contributed by atoms with Gasteiger partial charge in [-0.25, -0.2) is 4.98 Å². The molecule has 0 bridgehead atoms. The predicted molar refractivity (Wildman–Crippen MR) is 106 cm³/mol. The van der Waals surface area contributed by atoms with Crippen molar-refractivity contribution in [1.82, 2.24) is 9.97 Å². The topological polar surface area (TPSA) is 41.1 Å². The van der Waals surface area contributed by atoms with E-state index in [1.165, 1.54) is 12.8 Å². The van der Waals surface area contributed by atoms with Crippen molar-refractivity contribution in [1.29, 1.82) is 0 Å². The molecule has 1 N–H and O–H groups in total. The third-order valence-corrected chi connectivity index (χ3v) is 4.77. The van der Waals surface area contributed by atoms with Gasteiger partial charge in [-0.2, -0.15) is 4.98 Å². The zero-order chi connectivity index (χ0) is 17.6. The van der Waals surface area contributed by atoms with Gasteiger partial charge in [-0.1, -0.05) is 51.1 Å². The number of hydrogen-bond donors (Lipinski definition) is 1. The maximum Gasteiger partial charge on any atom is 0.225 e. The van der Waals surface area contributed by atoms with Gasteiger partial charge >= 0.3 is 0 Å². The van der Waals surface area contributed by atoms with E-state index in [-0.39, 0.29) is 0 Å². The summed E-state index contributed by atoms with van der Waals surface area (Å²) in [7, 11) is 0. The minimum absolute atomic E-state index is 0.673. The molecule has 1 aromatic carbocycles. The van der Waals surface area contributed by atoms with E-state index in [1.54, 1.807) is 0 Å². The van der Waals surface area contributed by atoms with E-state index in [9.17, 15) is 0 Å². The highest BCUT2D eigenvalue weighted by Crippen LogP contribution is 2.26. The summed E-state index contributed by atoms with van der Waals surface area (Å²) in [5.74, 6) is 3.19. The monoisotopic (exact) mass is 338 g/mol. The fourth-order valence-corrected chi connectivity index (χ4v) is 3.30. The van der Waals surface area contributed by atoms with E-state index in [0.717, 1.165) is 55.0 Å². The molecule has 0 aliphatic carbocycles. The normalized spacial score (nSPS) is 17.8. The van der Waals surface area contributed by atoms with Gasteiger partial charge in [0.1, 0.15) is 5.82 Å². The molecule has 1 aliphatic heterocycles. The van der Waals surface area contributed by atoms with Crippen LogP contribution in [-0.2, 0) is 0 Å². The Morgan fingerprint density at radius 2 is 2.00 bits per heavy atom. The standard InChI is InChI=1S/C21H30N4/c1-16(2)11-12-22-21-23-19(18-9-5-4-6-10-18)14-20(24-21)25-13-7-8-17(3)15-25/h4-6,9-10,14,16-17H,7-8,11-13,15H2,1-3H3,(H,22,23,24). The van der Waals surface area contributed by atoms with E-state index in [4.69, 9.17) is 9.97 Å². The summed E-state index contributed by atoms with van der Waals surface area (Å²) in [6, 6.07) is 12.5. The van der Waals surface area contributed by atoms with Gasteiger partial charge in [-0.05, 0) is 31.1 Å². The van der Waals surface area contributed by atoms with Crippen LogP contribution in [0.3, 0.4) is 0 Å². The van der Waals surface area contributed by atoms with Crippen LogP contribution >= 0.6 is 0 Å². The molecule has 0 spiro atoms. The first-order valence-electron chi connectivity index (χ1n) is 9.55. The van der Waals surface area contributed by atoms with Crippen LogP contribution in [0.15, 0.2) is 36.4 Å². The molecule has 134 valence electrons. The Balaban J connectivity index is 1.87. The average Bonchev–Trinajstić information content (AvgIpc) is 2.62. The molecular weight excluding hydrogens is 308 g/mol. The molecule has 0 radical (unpaired) electrons. The zero-order valence-electron chi connectivity index (χ0n) is 15.7. The Labute approximate surface area is 151 Å². The summed E-state index contributed by atoms with van der Waals surface area (Å²) in [6.07, 6.45) is 3.67. The first-order chi connectivity index (χ1) is 12.1. The fraction of sp³-hybridized carbons (Fsp3) is 0.524. The first-order valence-corrected chi connectivity index (χ1v) is 9.55. The van der Waals surface area contributed by atoms with Crippen molar-refractivity contribution in [3.63, 3.8) is 0 Å². The Morgan fingerprint density at radius 3 is 2.72 bits per heavy atom. The second-order valence-corrected chi connectivity index (χ2v) is 7.60. The van der Waals surface area contributed by atoms with Crippen LogP contribution in [0, 0.1) is 11.8 Å². The van der Waals surface area contributed by atoms with Crippen LogP contribution in [0.2, 0.25) is 0 Å². The summed E-state index contributed by atoms with van der Waals surface area (Å²) >= 11 is 0. The van der Waals surface area contributed by atoms with Crippen molar-refractivity contribution in [3.8, 4) is 11.3 Å². The number of hydrogen-bond acceptors (Lipinski definition) is 4. The minimum atomic E-state index is 0.673. The highest BCUT2D eigenvalue weighted by atomic mass is 15.2. The Bertz CT molecular complexity index is 669. The SMILES string of the molecule is CC(C)CCNc1nc(-c2ccccc2)cc(N2CCCC(C)C2)n1. The molecule has 1 aromatic heterocycles. The molecule has 4 nitrogen and oxygen atoms in total. The molecule has 2 aromatic rings. The van der Waals surface area contributed by atoms with Crippen LogP contribution < -0.4 is 10.2 Å². The average molecular weight is 338 g/mol. The number of nitrogens with zero attached hydrogens (tertiary/aromatic N) is 3. The molecule has 3 rings (SSSR count). The minimum Gasteiger partial charge on any atom is -0.356 e. The Hall–Kier alpha value is -2.10. The summed E-state index contributed by atoms with van der Waals surface area (Å²) < 4.78 is 0. The number of benzene rings is 1. The van der Waals surface area contributed by atoms with Gasteiger partial charge in [0.25, 0.3) is 0 Å². The first kappa shape index (κ1) is 17.7. The lowest BCUT2D eigenvalue weighted by Gasteiger charge is -2.32. The quantitative estimate of drug-likeness (QED) is 0.818. The molecule has 1 aliphatic rings. The van der Waals surface area contributed by atoms with E-state index < -0.39 is 0 Å². The van der Waals surface area contributed by atoms with Gasteiger partial charge < -0.3 is 10.2 Å². The molecule has 1 unspecified atom stereocenters. The third-order valence-electron chi connectivity index (χ3n) is 4.77. The van der Waals surface area contributed by atoms with Crippen LogP contribution in [0.25, 0.3) is 11.3 Å². The molecule has 1 saturated heterocycles. The highest BCUT2D eigenvalue weighted by molar-refractivity contribution is 5.64. The number of aromatic nitrogens is 2. The van der Waals surface area contributed by atoms with E-state index in [0.29, 0.717) is 5.92 Å². The van der Waals surface area contributed by atoms with Crippen molar-refractivity contribution in [2.75, 3.05) is 29.9 Å². The fourth-order valence-electron chi connectivity index (χ4n) is 3.30. The third kappa shape index (κ3) is 4.94. The number of anilines is 2. The molecule has 1 fully saturated rings. The Kier molecular flexibility index (Phi) is 5.90. The van der Waals surface area contributed by atoms with Crippen molar-refractivity contribution in [2.45, 2.75) is 40.0 Å². The van der Waals surface area contributed by atoms with Gasteiger partial charge in [0, 0.05) is 31.3 Å². The zero-order valence-corrected chi connectivity index (χ0v) is 15.7. The molecule has 4 heteroatoms. The number of piperidine rings is 1. The maximum atomic E-state index is 4.82. The largest absolute Gasteiger partial charge is 0.356 e. The second kappa shape index (κ2) is 8.32. The van der Waals surface area contributed by atoms with E-state index in [1.807, 2.05) is 6.07 Å². The lowest BCUT2D eigenvalue weighted by atomic mass is 10.0. The summed E-state index contributed by atoms with van der Waals surface area (Å²) in [5, 5.41) is 3.43. The van der Waals surface area contributed by atoms with Crippen LogP contribution in [0.4, 0.5) is 11.8 Å². The lowest BCUT2D eigenvalue weighted by molar-refractivity contribution is 0.444. The van der Waals surface area contributed by atoms with Crippen LogP contribution in [0.1, 0.15) is 40.0 Å². The van der Waals surface area contributed by atoms with Crippen molar-refractivity contribution < 1.29 is 0 Å². The van der Waals surface area contributed by atoms with Crippen molar-refractivity contribution in [2.24, 2.45) is 11.8 Å². The molecule has 1 atom stereocenters. The maximum absolute atomic E-state index is 4.82. The molecule has 0 amide bonds. The summed E-state index contributed by atoms with van der Waals surface area (Å²) in [6.45, 7) is 9.88. The van der Waals surface area contributed by atoms with Gasteiger partial charge in [-0.3, -0.25) is 0 Å². The van der Waals surface area contributed by atoms with E-state index in [2.05, 4.69) is 61.3 Å². The van der Waals surface area contributed by atoms with E-state index >= 15 is 0 Å². The van der Waals surface area contributed by atoms with Gasteiger partial charge in [0.2, 0.25) is 5.95 Å². The number of nitrogens with one attached hydrogen (secondary N) is 1. The summed E-state index contributed by atoms with van der Waals surface area (Å²) in [4.78, 5) is 12.0. The number of rotatable bonds is 6. The highest BCUT2D eigenvalue weighted by Gasteiger charge is 2.19. The predicted octanol–water partition coefficient (Wildman–Crippen LogP) is 4.84. The Morgan fingerprint density at radius 1 is 1.20 bits per heavy atom. The molecule has 2 heterocycles. The second-order valence-electron chi connectivity index (χ2n) is 7.60. The van der Waals surface area contributed by atoms with Crippen molar-refractivity contribution >= 4 is 11.8 Å². The van der Waals surface area contributed by atoms with Crippen LogP contribution in [-0.4, -0.2) is 29.6 Å².